The van der Waals surface area contributed by atoms with Gasteiger partial charge in [0, 0.05) is 43.6 Å². The molecule has 2 aliphatic rings. The quantitative estimate of drug-likeness (QED) is 0.831. The molecule has 2 saturated heterocycles. The van der Waals surface area contributed by atoms with E-state index in [4.69, 9.17) is 15.2 Å². The molecule has 29 heavy (non-hydrogen) atoms. The number of piperidine rings is 1. The van der Waals surface area contributed by atoms with E-state index in [-0.39, 0.29) is 17.9 Å². The van der Waals surface area contributed by atoms with E-state index in [0.29, 0.717) is 36.9 Å². The number of hydrogen-bond donors (Lipinski definition) is 1. The first-order chi connectivity index (χ1) is 14.1. The second-order valence-electron chi connectivity index (χ2n) is 7.34. The number of amides is 2. The summed E-state index contributed by atoms with van der Waals surface area (Å²) in [5.74, 6) is 0.787. The van der Waals surface area contributed by atoms with Crippen molar-refractivity contribution >= 4 is 11.8 Å². The van der Waals surface area contributed by atoms with Gasteiger partial charge in [-0.3, -0.25) is 14.6 Å². The fourth-order valence-electron chi connectivity index (χ4n) is 3.84. The minimum atomic E-state index is -0.485. The van der Waals surface area contributed by atoms with Crippen LogP contribution in [0, 0.1) is 0 Å². The van der Waals surface area contributed by atoms with Crippen LogP contribution in [-0.4, -0.2) is 52.5 Å². The van der Waals surface area contributed by atoms with Gasteiger partial charge in [0.25, 0.3) is 5.91 Å². The molecule has 8 nitrogen and oxygen atoms in total. The maximum Gasteiger partial charge on any atom is 0.251 e. The van der Waals surface area contributed by atoms with Crippen molar-refractivity contribution in [3.05, 3.63) is 47.9 Å². The Morgan fingerprint density at radius 3 is 2.45 bits per heavy atom. The maximum absolute atomic E-state index is 12.5. The molecule has 1 atom stereocenters. The summed E-state index contributed by atoms with van der Waals surface area (Å²) >= 11 is 0. The van der Waals surface area contributed by atoms with Crippen LogP contribution in [0.25, 0.3) is 0 Å². The standard InChI is InChI=1S/C21H24N4O4/c22-19(26)15-3-5-16(6-4-15)29-20-18(23-9-10-24-20)14-7-11-25(12-8-14)21(27)17-2-1-13-28-17/h3-6,9-10,14,17H,1-2,7-8,11-13H2,(H2,22,26)/t17-/m0/s1. The Morgan fingerprint density at radius 2 is 1.79 bits per heavy atom. The van der Waals surface area contributed by atoms with E-state index in [9.17, 15) is 9.59 Å². The Kier molecular flexibility index (Phi) is 5.71. The van der Waals surface area contributed by atoms with Crippen LogP contribution >= 0.6 is 0 Å². The summed E-state index contributed by atoms with van der Waals surface area (Å²) in [6, 6.07) is 6.59. The van der Waals surface area contributed by atoms with Gasteiger partial charge in [0.05, 0.1) is 0 Å². The first-order valence-electron chi connectivity index (χ1n) is 9.91. The highest BCUT2D eigenvalue weighted by molar-refractivity contribution is 5.92. The minimum Gasteiger partial charge on any atom is -0.437 e. The number of aromatic nitrogens is 2. The van der Waals surface area contributed by atoms with E-state index in [2.05, 4.69) is 9.97 Å². The van der Waals surface area contributed by atoms with E-state index in [1.165, 1.54) is 0 Å². The Bertz CT molecular complexity index is 873. The van der Waals surface area contributed by atoms with Crippen LogP contribution in [-0.2, 0) is 9.53 Å². The highest BCUT2D eigenvalue weighted by atomic mass is 16.5. The maximum atomic E-state index is 12.5. The molecule has 8 heteroatoms. The molecule has 2 fully saturated rings. The van der Waals surface area contributed by atoms with Gasteiger partial charge in [0.1, 0.15) is 17.5 Å². The summed E-state index contributed by atoms with van der Waals surface area (Å²) in [5, 5.41) is 0. The molecule has 3 heterocycles. The van der Waals surface area contributed by atoms with Gasteiger partial charge in [0.2, 0.25) is 11.8 Å². The molecule has 0 spiro atoms. The Morgan fingerprint density at radius 1 is 1.07 bits per heavy atom. The number of rotatable bonds is 5. The van der Waals surface area contributed by atoms with E-state index >= 15 is 0 Å². The zero-order valence-corrected chi connectivity index (χ0v) is 16.1. The fraction of sp³-hybridized carbons (Fsp3) is 0.429. The molecular weight excluding hydrogens is 372 g/mol. The van der Waals surface area contributed by atoms with Crippen molar-refractivity contribution in [2.45, 2.75) is 37.7 Å². The van der Waals surface area contributed by atoms with Gasteiger partial charge >= 0.3 is 0 Å². The molecule has 2 aliphatic heterocycles. The van der Waals surface area contributed by atoms with Crippen molar-refractivity contribution in [2.75, 3.05) is 19.7 Å². The van der Waals surface area contributed by atoms with Crippen LogP contribution < -0.4 is 10.5 Å². The van der Waals surface area contributed by atoms with Gasteiger partial charge in [-0.1, -0.05) is 0 Å². The number of hydrogen-bond acceptors (Lipinski definition) is 6. The lowest BCUT2D eigenvalue weighted by molar-refractivity contribution is -0.142. The van der Waals surface area contributed by atoms with E-state index < -0.39 is 5.91 Å². The first kappa shape index (κ1) is 19.3. The Hall–Kier alpha value is -3.00. The molecule has 0 radical (unpaired) electrons. The van der Waals surface area contributed by atoms with Crippen LogP contribution in [0.15, 0.2) is 36.7 Å². The smallest absolute Gasteiger partial charge is 0.251 e. The van der Waals surface area contributed by atoms with Gasteiger partial charge in [-0.2, -0.15) is 0 Å². The molecule has 0 unspecified atom stereocenters. The fourth-order valence-corrected chi connectivity index (χ4v) is 3.84. The summed E-state index contributed by atoms with van der Waals surface area (Å²) in [5.41, 5.74) is 6.48. The number of primary amides is 1. The summed E-state index contributed by atoms with van der Waals surface area (Å²) < 4.78 is 11.5. The molecule has 4 rings (SSSR count). The third kappa shape index (κ3) is 4.37. The number of nitrogens with zero attached hydrogens (tertiary/aromatic N) is 3. The monoisotopic (exact) mass is 396 g/mol. The molecule has 2 aromatic rings. The van der Waals surface area contributed by atoms with E-state index in [1.54, 1.807) is 36.7 Å². The Labute approximate surface area is 169 Å². The summed E-state index contributed by atoms with van der Waals surface area (Å²) in [6.45, 7) is 2.02. The summed E-state index contributed by atoms with van der Waals surface area (Å²) in [4.78, 5) is 34.5. The lowest BCUT2D eigenvalue weighted by Gasteiger charge is -2.33. The summed E-state index contributed by atoms with van der Waals surface area (Å²) in [7, 11) is 0. The number of nitrogens with two attached hydrogens (primary N) is 1. The summed E-state index contributed by atoms with van der Waals surface area (Å²) in [6.07, 6.45) is 6.34. The lowest BCUT2D eigenvalue weighted by Crippen LogP contribution is -2.43. The third-order valence-corrected chi connectivity index (χ3v) is 5.44. The highest BCUT2D eigenvalue weighted by Crippen LogP contribution is 2.34. The molecular formula is C21H24N4O4. The molecule has 152 valence electrons. The second kappa shape index (κ2) is 8.57. The molecule has 0 bridgehead atoms. The van der Waals surface area contributed by atoms with Gasteiger partial charge in [-0.05, 0) is 49.9 Å². The number of carbonyl (C=O) groups excluding carboxylic acids is 2. The zero-order valence-electron chi connectivity index (χ0n) is 16.1. The van der Waals surface area contributed by atoms with Crippen LogP contribution in [0.1, 0.15) is 47.7 Å². The molecule has 2 amide bonds. The van der Waals surface area contributed by atoms with Gasteiger partial charge in [-0.15, -0.1) is 0 Å². The van der Waals surface area contributed by atoms with Crippen molar-refractivity contribution in [1.29, 1.82) is 0 Å². The number of carbonyl (C=O) groups is 2. The number of likely N-dealkylation sites (tertiary alicyclic amines) is 1. The topological polar surface area (TPSA) is 108 Å². The van der Waals surface area contributed by atoms with Gasteiger partial charge in [-0.25, -0.2) is 4.98 Å². The van der Waals surface area contributed by atoms with E-state index in [1.807, 2.05) is 4.90 Å². The minimum absolute atomic E-state index is 0.103. The van der Waals surface area contributed by atoms with Crippen LogP contribution in [0.4, 0.5) is 0 Å². The highest BCUT2D eigenvalue weighted by Gasteiger charge is 2.32. The molecule has 1 aromatic carbocycles. The van der Waals surface area contributed by atoms with E-state index in [0.717, 1.165) is 31.4 Å². The largest absolute Gasteiger partial charge is 0.437 e. The lowest BCUT2D eigenvalue weighted by atomic mass is 9.93. The van der Waals surface area contributed by atoms with Crippen LogP contribution in [0.3, 0.4) is 0 Å². The van der Waals surface area contributed by atoms with Crippen molar-refractivity contribution in [3.63, 3.8) is 0 Å². The number of ether oxygens (including phenoxy) is 2. The normalized spacial score (nSPS) is 19.9. The average molecular weight is 396 g/mol. The molecule has 1 aromatic heterocycles. The van der Waals surface area contributed by atoms with Crippen molar-refractivity contribution < 1.29 is 19.1 Å². The van der Waals surface area contributed by atoms with Crippen molar-refractivity contribution in [3.8, 4) is 11.6 Å². The third-order valence-electron chi connectivity index (χ3n) is 5.44. The second-order valence-corrected chi connectivity index (χ2v) is 7.34. The average Bonchev–Trinajstić information content (AvgIpc) is 3.29. The molecule has 2 N–H and O–H groups in total. The number of benzene rings is 1. The molecule has 0 saturated carbocycles. The van der Waals surface area contributed by atoms with Crippen molar-refractivity contribution in [1.82, 2.24) is 14.9 Å². The predicted octanol–water partition coefficient (Wildman–Crippen LogP) is 2.25. The Balaban J connectivity index is 1.42. The predicted molar refractivity (Wildman–Crippen MR) is 105 cm³/mol. The van der Waals surface area contributed by atoms with Crippen molar-refractivity contribution in [2.24, 2.45) is 5.73 Å². The SMILES string of the molecule is NC(=O)c1ccc(Oc2nccnc2C2CCN(C(=O)[C@@H]3CCCO3)CC2)cc1. The first-order valence-corrected chi connectivity index (χ1v) is 9.91. The van der Waals surface area contributed by atoms with Crippen LogP contribution in [0.5, 0.6) is 11.6 Å². The molecule has 0 aliphatic carbocycles. The zero-order chi connectivity index (χ0) is 20.2. The van der Waals surface area contributed by atoms with Gasteiger partial charge in [0.15, 0.2) is 0 Å². The van der Waals surface area contributed by atoms with Gasteiger partial charge < -0.3 is 20.1 Å². The van der Waals surface area contributed by atoms with Crippen LogP contribution in [0.2, 0.25) is 0 Å².